The number of ether oxygens (including phenoxy) is 2. The van der Waals surface area contributed by atoms with Crippen molar-refractivity contribution in [3.8, 4) is 0 Å². The van der Waals surface area contributed by atoms with Crippen LogP contribution in [0.3, 0.4) is 0 Å². The topological polar surface area (TPSA) is 65.4 Å². The molecule has 0 fully saturated rings. The first-order chi connectivity index (χ1) is 12.1. The maximum atomic E-state index is 12.3. The van der Waals surface area contributed by atoms with Gasteiger partial charge in [0.15, 0.2) is 5.69 Å². The summed E-state index contributed by atoms with van der Waals surface area (Å²) in [5.41, 5.74) is 2.43. The van der Waals surface area contributed by atoms with Crippen molar-refractivity contribution in [3.05, 3.63) is 53.6 Å². The van der Waals surface area contributed by atoms with E-state index in [4.69, 9.17) is 9.47 Å². The van der Waals surface area contributed by atoms with Crippen molar-refractivity contribution in [1.82, 2.24) is 14.9 Å². The SMILES string of the molecule is CC(C)OCCCNC(=O)c1ncn2c1CO[C@@H](c1ccccc1)C2. The van der Waals surface area contributed by atoms with Gasteiger partial charge in [0.1, 0.15) is 6.10 Å². The van der Waals surface area contributed by atoms with Gasteiger partial charge in [0.25, 0.3) is 5.91 Å². The van der Waals surface area contributed by atoms with E-state index in [0.717, 1.165) is 17.7 Å². The molecule has 6 heteroatoms. The molecule has 2 aromatic rings. The van der Waals surface area contributed by atoms with Gasteiger partial charge in [0, 0.05) is 13.2 Å². The van der Waals surface area contributed by atoms with Gasteiger partial charge in [-0.2, -0.15) is 0 Å². The van der Waals surface area contributed by atoms with Gasteiger partial charge in [-0.05, 0) is 25.8 Å². The molecule has 1 aromatic carbocycles. The highest BCUT2D eigenvalue weighted by Gasteiger charge is 2.25. The Labute approximate surface area is 148 Å². The van der Waals surface area contributed by atoms with Crippen molar-refractivity contribution < 1.29 is 14.3 Å². The summed E-state index contributed by atoms with van der Waals surface area (Å²) in [6.07, 6.45) is 2.72. The van der Waals surface area contributed by atoms with E-state index in [9.17, 15) is 4.79 Å². The van der Waals surface area contributed by atoms with E-state index >= 15 is 0 Å². The first-order valence-electron chi connectivity index (χ1n) is 8.75. The molecule has 25 heavy (non-hydrogen) atoms. The number of rotatable bonds is 7. The molecule has 1 N–H and O–H groups in total. The summed E-state index contributed by atoms with van der Waals surface area (Å²) in [5, 5.41) is 2.90. The molecule has 0 spiro atoms. The van der Waals surface area contributed by atoms with Crippen LogP contribution in [0.1, 0.15) is 48.1 Å². The molecule has 0 radical (unpaired) electrons. The Morgan fingerprint density at radius 2 is 2.20 bits per heavy atom. The van der Waals surface area contributed by atoms with Crippen LogP contribution >= 0.6 is 0 Å². The summed E-state index contributed by atoms with van der Waals surface area (Å²) < 4.78 is 13.4. The lowest BCUT2D eigenvalue weighted by molar-refractivity contribution is 0.00257. The number of amides is 1. The van der Waals surface area contributed by atoms with Gasteiger partial charge in [-0.1, -0.05) is 30.3 Å². The first kappa shape index (κ1) is 17.6. The van der Waals surface area contributed by atoms with Crippen molar-refractivity contribution in [1.29, 1.82) is 0 Å². The number of imidazole rings is 1. The summed E-state index contributed by atoms with van der Waals surface area (Å²) >= 11 is 0. The number of aromatic nitrogens is 2. The van der Waals surface area contributed by atoms with E-state index in [1.54, 1.807) is 6.33 Å². The Morgan fingerprint density at radius 1 is 1.40 bits per heavy atom. The molecule has 6 nitrogen and oxygen atoms in total. The molecule has 3 rings (SSSR count). The van der Waals surface area contributed by atoms with Gasteiger partial charge < -0.3 is 19.4 Å². The van der Waals surface area contributed by atoms with Crippen LogP contribution in [0.2, 0.25) is 0 Å². The van der Waals surface area contributed by atoms with Crippen molar-refractivity contribution in [2.45, 2.75) is 45.6 Å². The summed E-state index contributed by atoms with van der Waals surface area (Å²) in [7, 11) is 0. The molecule has 0 saturated heterocycles. The van der Waals surface area contributed by atoms with Gasteiger partial charge in [-0.15, -0.1) is 0 Å². The summed E-state index contributed by atoms with van der Waals surface area (Å²) in [6, 6.07) is 10.1. The predicted octanol–water partition coefficient (Wildman–Crippen LogP) is 2.70. The van der Waals surface area contributed by atoms with Crippen LogP contribution in [-0.4, -0.2) is 34.7 Å². The number of nitrogens with zero attached hydrogens (tertiary/aromatic N) is 2. The van der Waals surface area contributed by atoms with Crippen LogP contribution in [0.5, 0.6) is 0 Å². The standard InChI is InChI=1S/C19H25N3O3/c1-14(2)24-10-6-9-20-19(23)18-16-12-25-17(11-22(16)13-21-18)15-7-4-3-5-8-15/h3-5,7-8,13-14,17H,6,9-12H2,1-2H3,(H,20,23)/t17-/m1/s1. The number of nitrogens with one attached hydrogen (secondary N) is 1. The largest absolute Gasteiger partial charge is 0.379 e. The lowest BCUT2D eigenvalue weighted by atomic mass is 10.1. The monoisotopic (exact) mass is 343 g/mol. The molecule has 1 aliphatic rings. The Bertz CT molecular complexity index is 697. The van der Waals surface area contributed by atoms with Crippen molar-refractivity contribution in [2.24, 2.45) is 0 Å². The maximum Gasteiger partial charge on any atom is 0.271 e. The van der Waals surface area contributed by atoms with Crippen molar-refractivity contribution >= 4 is 5.91 Å². The average Bonchev–Trinajstić information content (AvgIpc) is 3.05. The Balaban J connectivity index is 1.56. The molecular weight excluding hydrogens is 318 g/mol. The fraction of sp³-hybridized carbons (Fsp3) is 0.474. The van der Waals surface area contributed by atoms with E-state index in [1.807, 2.05) is 36.6 Å². The molecule has 0 aliphatic carbocycles. The van der Waals surface area contributed by atoms with E-state index in [0.29, 0.717) is 32.0 Å². The smallest absolute Gasteiger partial charge is 0.271 e. The zero-order valence-corrected chi connectivity index (χ0v) is 14.8. The Hall–Kier alpha value is -2.18. The van der Waals surface area contributed by atoms with Gasteiger partial charge in [-0.25, -0.2) is 4.98 Å². The van der Waals surface area contributed by atoms with Gasteiger partial charge in [-0.3, -0.25) is 4.79 Å². The second-order valence-corrected chi connectivity index (χ2v) is 6.43. The van der Waals surface area contributed by atoms with E-state index in [-0.39, 0.29) is 18.1 Å². The van der Waals surface area contributed by atoms with Crippen LogP contribution in [0.25, 0.3) is 0 Å². The molecule has 1 aliphatic heterocycles. The van der Waals surface area contributed by atoms with Crippen LogP contribution < -0.4 is 5.32 Å². The Morgan fingerprint density at radius 3 is 2.96 bits per heavy atom. The zero-order valence-electron chi connectivity index (χ0n) is 14.8. The van der Waals surface area contributed by atoms with Crippen LogP contribution in [0.15, 0.2) is 36.7 Å². The third kappa shape index (κ3) is 4.46. The quantitative estimate of drug-likeness (QED) is 0.785. The minimum absolute atomic E-state index is 0.00741. The van der Waals surface area contributed by atoms with Gasteiger partial charge in [0.2, 0.25) is 0 Å². The van der Waals surface area contributed by atoms with Crippen LogP contribution in [0, 0.1) is 0 Å². The number of hydrogen-bond donors (Lipinski definition) is 1. The normalized spacial score (nSPS) is 16.7. The zero-order chi connectivity index (χ0) is 17.6. The van der Waals surface area contributed by atoms with Crippen molar-refractivity contribution in [3.63, 3.8) is 0 Å². The first-order valence-corrected chi connectivity index (χ1v) is 8.75. The molecule has 0 saturated carbocycles. The fourth-order valence-electron chi connectivity index (χ4n) is 2.86. The molecule has 1 amide bonds. The second-order valence-electron chi connectivity index (χ2n) is 6.43. The summed E-state index contributed by atoms with van der Waals surface area (Å²) in [6.45, 7) is 6.27. The molecule has 134 valence electrons. The summed E-state index contributed by atoms with van der Waals surface area (Å²) in [4.78, 5) is 16.6. The minimum atomic E-state index is -0.153. The Kier molecular flexibility index (Phi) is 5.83. The number of fused-ring (bicyclic) bond motifs is 1. The average molecular weight is 343 g/mol. The van der Waals surface area contributed by atoms with Gasteiger partial charge in [0.05, 0.1) is 31.3 Å². The molecule has 1 aromatic heterocycles. The third-order valence-electron chi connectivity index (χ3n) is 4.17. The fourth-order valence-corrected chi connectivity index (χ4v) is 2.86. The minimum Gasteiger partial charge on any atom is -0.379 e. The van der Waals surface area contributed by atoms with E-state index in [1.165, 1.54) is 0 Å². The second kappa shape index (κ2) is 8.27. The van der Waals surface area contributed by atoms with E-state index < -0.39 is 0 Å². The van der Waals surface area contributed by atoms with E-state index in [2.05, 4.69) is 22.4 Å². The van der Waals surface area contributed by atoms with Crippen LogP contribution in [0.4, 0.5) is 0 Å². The highest BCUT2D eigenvalue weighted by Crippen LogP contribution is 2.27. The number of hydrogen-bond acceptors (Lipinski definition) is 4. The predicted molar refractivity (Wildman–Crippen MR) is 94.2 cm³/mol. The van der Waals surface area contributed by atoms with Crippen molar-refractivity contribution in [2.75, 3.05) is 13.2 Å². The number of benzene rings is 1. The van der Waals surface area contributed by atoms with Crippen LogP contribution in [-0.2, 0) is 22.6 Å². The third-order valence-corrected chi connectivity index (χ3v) is 4.17. The number of carbonyl (C=O) groups is 1. The molecule has 2 heterocycles. The lowest BCUT2D eigenvalue weighted by Crippen LogP contribution is -2.28. The highest BCUT2D eigenvalue weighted by atomic mass is 16.5. The molecular formula is C19H25N3O3. The highest BCUT2D eigenvalue weighted by molar-refractivity contribution is 5.93. The van der Waals surface area contributed by atoms with Gasteiger partial charge >= 0.3 is 0 Å². The molecule has 0 unspecified atom stereocenters. The molecule has 0 bridgehead atoms. The number of carbonyl (C=O) groups excluding carboxylic acids is 1. The maximum absolute atomic E-state index is 12.3. The molecule has 1 atom stereocenters. The lowest BCUT2D eigenvalue weighted by Gasteiger charge is -2.25. The summed E-state index contributed by atoms with van der Waals surface area (Å²) in [5.74, 6) is -0.153.